The molecule has 0 aliphatic rings. The molecule has 5 heteroatoms. The molecule has 0 aliphatic heterocycles. The average molecular weight is 272 g/mol. The van der Waals surface area contributed by atoms with Crippen molar-refractivity contribution >= 4 is 11.6 Å². The van der Waals surface area contributed by atoms with Crippen molar-refractivity contribution in [2.45, 2.75) is 39.5 Å². The zero-order valence-corrected chi connectivity index (χ0v) is 12.3. The third-order valence-electron chi connectivity index (χ3n) is 3.24. The van der Waals surface area contributed by atoms with E-state index in [2.05, 4.69) is 54.3 Å². The second-order valence-electron chi connectivity index (χ2n) is 5.44. The Morgan fingerprint density at radius 3 is 2.50 bits per heavy atom. The van der Waals surface area contributed by atoms with Crippen LogP contribution in [0.25, 0.3) is 0 Å². The third-order valence-corrected chi connectivity index (χ3v) is 3.24. The molecule has 1 heterocycles. The summed E-state index contributed by atoms with van der Waals surface area (Å²) in [5, 5.41) is 9.13. The van der Waals surface area contributed by atoms with Gasteiger partial charge in [0.05, 0.1) is 0 Å². The molecular formula is C15H20N4O. The highest BCUT2D eigenvalue weighted by atomic mass is 16.2. The first-order chi connectivity index (χ1) is 9.49. The van der Waals surface area contributed by atoms with Crippen LogP contribution in [-0.2, 0) is 0 Å². The van der Waals surface area contributed by atoms with Gasteiger partial charge in [0.15, 0.2) is 0 Å². The predicted molar refractivity (Wildman–Crippen MR) is 79.0 cm³/mol. The van der Waals surface area contributed by atoms with Gasteiger partial charge in [0.2, 0.25) is 5.82 Å². The van der Waals surface area contributed by atoms with E-state index in [1.54, 1.807) is 0 Å². The summed E-state index contributed by atoms with van der Waals surface area (Å²) in [5.41, 5.74) is 3.22. The van der Waals surface area contributed by atoms with Gasteiger partial charge in [-0.05, 0) is 29.0 Å². The number of hydrogen-bond donors (Lipinski definition) is 2. The SMILES string of the molecule is CC(C)c1ccc(NC(=O)c2ncn[nH]2)c(C(C)C)c1. The minimum Gasteiger partial charge on any atom is -0.319 e. The van der Waals surface area contributed by atoms with Crippen LogP contribution >= 0.6 is 0 Å². The lowest BCUT2D eigenvalue weighted by molar-refractivity contribution is 0.101. The molecule has 2 rings (SSSR count). The van der Waals surface area contributed by atoms with Gasteiger partial charge in [-0.25, -0.2) is 4.98 Å². The van der Waals surface area contributed by atoms with Crippen LogP contribution in [-0.4, -0.2) is 21.1 Å². The van der Waals surface area contributed by atoms with Crippen LogP contribution in [0.15, 0.2) is 24.5 Å². The summed E-state index contributed by atoms with van der Waals surface area (Å²) in [6.07, 6.45) is 1.32. The van der Waals surface area contributed by atoms with Crippen LogP contribution in [0, 0.1) is 0 Å². The number of carbonyl (C=O) groups is 1. The number of amides is 1. The smallest absolute Gasteiger partial charge is 0.292 e. The Hall–Kier alpha value is -2.17. The van der Waals surface area contributed by atoms with E-state index in [1.165, 1.54) is 11.9 Å². The summed E-state index contributed by atoms with van der Waals surface area (Å²) in [7, 11) is 0. The number of hydrogen-bond acceptors (Lipinski definition) is 3. The van der Waals surface area contributed by atoms with E-state index in [0.717, 1.165) is 11.3 Å². The van der Waals surface area contributed by atoms with Crippen LogP contribution in [0.4, 0.5) is 5.69 Å². The van der Waals surface area contributed by atoms with Crippen molar-refractivity contribution in [3.63, 3.8) is 0 Å². The van der Waals surface area contributed by atoms with Gasteiger partial charge in [0.25, 0.3) is 5.91 Å². The Balaban J connectivity index is 2.29. The highest BCUT2D eigenvalue weighted by molar-refractivity contribution is 6.01. The number of aromatic nitrogens is 3. The van der Waals surface area contributed by atoms with Crippen molar-refractivity contribution in [2.24, 2.45) is 0 Å². The lowest BCUT2D eigenvalue weighted by Gasteiger charge is -2.16. The molecule has 0 atom stereocenters. The van der Waals surface area contributed by atoms with Crippen LogP contribution in [0.3, 0.4) is 0 Å². The number of rotatable bonds is 4. The lowest BCUT2D eigenvalue weighted by Crippen LogP contribution is -2.15. The molecule has 5 nitrogen and oxygen atoms in total. The van der Waals surface area contributed by atoms with Crippen LogP contribution in [0.1, 0.15) is 61.3 Å². The van der Waals surface area contributed by atoms with Crippen molar-refractivity contribution in [1.82, 2.24) is 15.2 Å². The molecule has 2 N–H and O–H groups in total. The van der Waals surface area contributed by atoms with E-state index >= 15 is 0 Å². The number of anilines is 1. The number of aromatic amines is 1. The summed E-state index contributed by atoms with van der Waals surface area (Å²) in [6, 6.07) is 6.16. The largest absolute Gasteiger partial charge is 0.319 e. The quantitative estimate of drug-likeness (QED) is 0.897. The van der Waals surface area contributed by atoms with Crippen LogP contribution in [0.5, 0.6) is 0 Å². The number of benzene rings is 1. The van der Waals surface area contributed by atoms with Gasteiger partial charge in [-0.15, -0.1) is 0 Å². The van der Waals surface area contributed by atoms with E-state index in [4.69, 9.17) is 0 Å². The number of nitrogens with one attached hydrogen (secondary N) is 2. The van der Waals surface area contributed by atoms with E-state index in [-0.39, 0.29) is 11.7 Å². The maximum Gasteiger partial charge on any atom is 0.292 e. The van der Waals surface area contributed by atoms with Crippen molar-refractivity contribution in [3.05, 3.63) is 41.5 Å². The van der Waals surface area contributed by atoms with Gasteiger partial charge >= 0.3 is 0 Å². The fraction of sp³-hybridized carbons (Fsp3) is 0.400. The molecule has 2 aromatic rings. The Bertz CT molecular complexity index is 588. The zero-order valence-electron chi connectivity index (χ0n) is 12.3. The van der Waals surface area contributed by atoms with Gasteiger partial charge in [-0.3, -0.25) is 9.89 Å². The summed E-state index contributed by atoms with van der Waals surface area (Å²) in [4.78, 5) is 15.9. The molecule has 0 saturated carbocycles. The van der Waals surface area contributed by atoms with Crippen molar-refractivity contribution in [1.29, 1.82) is 0 Å². The Labute approximate surface area is 118 Å². The van der Waals surface area contributed by atoms with Gasteiger partial charge in [-0.2, -0.15) is 5.10 Å². The first kappa shape index (κ1) is 14.2. The minimum absolute atomic E-state index is 0.215. The monoisotopic (exact) mass is 272 g/mol. The standard InChI is InChI=1S/C15H20N4O/c1-9(2)11-5-6-13(12(7-11)10(3)4)18-15(20)14-16-8-17-19-14/h5-10H,1-4H3,(H,18,20)(H,16,17,19). The number of carbonyl (C=O) groups excluding carboxylic acids is 1. The van der Waals surface area contributed by atoms with E-state index in [0.29, 0.717) is 11.8 Å². The second kappa shape index (κ2) is 5.86. The minimum atomic E-state index is -0.276. The third kappa shape index (κ3) is 3.04. The molecule has 0 aliphatic carbocycles. The maximum absolute atomic E-state index is 12.0. The molecule has 1 aromatic carbocycles. The second-order valence-corrected chi connectivity index (χ2v) is 5.44. The summed E-state index contributed by atoms with van der Waals surface area (Å²) in [6.45, 7) is 8.55. The molecule has 106 valence electrons. The predicted octanol–water partition coefficient (Wildman–Crippen LogP) is 3.30. The van der Waals surface area contributed by atoms with Crippen molar-refractivity contribution < 1.29 is 4.79 Å². The van der Waals surface area contributed by atoms with E-state index in [1.807, 2.05) is 12.1 Å². The Kier molecular flexibility index (Phi) is 4.17. The molecule has 1 aromatic heterocycles. The van der Waals surface area contributed by atoms with Crippen LogP contribution in [0.2, 0.25) is 0 Å². The molecule has 0 radical (unpaired) electrons. The molecule has 1 amide bonds. The summed E-state index contributed by atoms with van der Waals surface area (Å²) >= 11 is 0. The Morgan fingerprint density at radius 1 is 1.20 bits per heavy atom. The Morgan fingerprint density at radius 2 is 1.95 bits per heavy atom. The molecule has 20 heavy (non-hydrogen) atoms. The fourth-order valence-electron chi connectivity index (χ4n) is 2.03. The van der Waals surface area contributed by atoms with E-state index in [9.17, 15) is 4.79 Å². The zero-order chi connectivity index (χ0) is 14.7. The molecule has 0 spiro atoms. The lowest BCUT2D eigenvalue weighted by atomic mass is 9.94. The number of H-pyrrole nitrogens is 1. The first-order valence-corrected chi connectivity index (χ1v) is 6.79. The topological polar surface area (TPSA) is 70.7 Å². The molecule has 0 saturated heterocycles. The average Bonchev–Trinajstić information content (AvgIpc) is 2.92. The summed E-state index contributed by atoms with van der Waals surface area (Å²) in [5.74, 6) is 0.736. The van der Waals surface area contributed by atoms with Gasteiger partial charge < -0.3 is 5.32 Å². The van der Waals surface area contributed by atoms with Crippen molar-refractivity contribution in [3.8, 4) is 0 Å². The van der Waals surface area contributed by atoms with Gasteiger partial charge in [0, 0.05) is 5.69 Å². The number of nitrogens with zero attached hydrogens (tertiary/aromatic N) is 2. The maximum atomic E-state index is 12.0. The fourth-order valence-corrected chi connectivity index (χ4v) is 2.03. The molecule has 0 fully saturated rings. The van der Waals surface area contributed by atoms with Gasteiger partial charge in [-0.1, -0.05) is 39.8 Å². The van der Waals surface area contributed by atoms with E-state index < -0.39 is 0 Å². The highest BCUT2D eigenvalue weighted by Gasteiger charge is 2.14. The molecule has 0 unspecified atom stereocenters. The first-order valence-electron chi connectivity index (χ1n) is 6.79. The normalized spacial score (nSPS) is 11.1. The van der Waals surface area contributed by atoms with Crippen LogP contribution < -0.4 is 5.32 Å². The highest BCUT2D eigenvalue weighted by Crippen LogP contribution is 2.28. The van der Waals surface area contributed by atoms with Crippen molar-refractivity contribution in [2.75, 3.05) is 5.32 Å². The van der Waals surface area contributed by atoms with Gasteiger partial charge in [0.1, 0.15) is 6.33 Å². The molecule has 0 bridgehead atoms. The molecular weight excluding hydrogens is 252 g/mol. The summed E-state index contributed by atoms with van der Waals surface area (Å²) < 4.78 is 0.